The summed E-state index contributed by atoms with van der Waals surface area (Å²) in [4.78, 5) is 20.4. The van der Waals surface area contributed by atoms with Crippen LogP contribution in [0.3, 0.4) is 0 Å². The number of hydrogen-bond acceptors (Lipinski definition) is 6. The third kappa shape index (κ3) is 6.10. The predicted molar refractivity (Wildman–Crippen MR) is 163 cm³/mol. The Bertz CT molecular complexity index is 1770. The van der Waals surface area contributed by atoms with Crippen molar-refractivity contribution in [1.82, 2.24) is 0 Å². The first-order valence-corrected chi connectivity index (χ1v) is 15.0. The summed E-state index contributed by atoms with van der Waals surface area (Å²) >= 11 is 13.9. The van der Waals surface area contributed by atoms with Gasteiger partial charge in [-0.2, -0.15) is 8.42 Å². The van der Waals surface area contributed by atoms with E-state index in [4.69, 9.17) is 32.4 Å². The van der Waals surface area contributed by atoms with Crippen LogP contribution in [0.1, 0.15) is 16.7 Å². The van der Waals surface area contributed by atoms with Crippen LogP contribution in [0.4, 0.5) is 11.4 Å². The lowest BCUT2D eigenvalue weighted by atomic mass is 10.2. The van der Waals surface area contributed by atoms with E-state index in [1.54, 1.807) is 48.5 Å². The van der Waals surface area contributed by atoms with Gasteiger partial charge in [0.25, 0.3) is 5.91 Å². The minimum absolute atomic E-state index is 0.0622. The second-order valence-electron chi connectivity index (χ2n) is 8.93. The standard InChI is InChI=1S/C30H22Cl2N2O4S2/c1-19-8-12-22(17-26(19)31)33-30-34(23-13-9-20(2)27(32)18-23)29(35)28(39-30)16-21-10-14-24(15-11-21)38-40(36,37)25-6-4-3-5-7-25/h3-18H,1-2H3/b28-16+,33-30?. The van der Waals surface area contributed by atoms with Gasteiger partial charge in [0.2, 0.25) is 0 Å². The van der Waals surface area contributed by atoms with E-state index >= 15 is 0 Å². The molecule has 1 aliphatic rings. The summed E-state index contributed by atoms with van der Waals surface area (Å²) in [5, 5.41) is 1.56. The second-order valence-corrected chi connectivity index (χ2v) is 12.3. The fourth-order valence-electron chi connectivity index (χ4n) is 3.79. The lowest BCUT2D eigenvalue weighted by Gasteiger charge is -2.16. The summed E-state index contributed by atoms with van der Waals surface area (Å²) in [6, 6.07) is 25.2. The zero-order chi connectivity index (χ0) is 28.4. The van der Waals surface area contributed by atoms with Crippen LogP contribution >= 0.6 is 35.0 Å². The molecule has 202 valence electrons. The fourth-order valence-corrected chi connectivity index (χ4v) is 6.09. The van der Waals surface area contributed by atoms with Gasteiger partial charge in [0.05, 0.1) is 16.3 Å². The Labute approximate surface area is 247 Å². The zero-order valence-corrected chi connectivity index (χ0v) is 24.5. The molecule has 0 spiro atoms. The van der Waals surface area contributed by atoms with Crippen molar-refractivity contribution in [3.63, 3.8) is 0 Å². The Morgan fingerprint density at radius 2 is 1.50 bits per heavy atom. The molecule has 0 aromatic heterocycles. The number of amides is 1. The van der Waals surface area contributed by atoms with Crippen LogP contribution < -0.4 is 9.08 Å². The molecule has 5 rings (SSSR count). The average molecular weight is 610 g/mol. The molecular weight excluding hydrogens is 587 g/mol. The monoisotopic (exact) mass is 608 g/mol. The van der Waals surface area contributed by atoms with Crippen molar-refractivity contribution in [3.05, 3.63) is 123 Å². The highest BCUT2D eigenvalue weighted by Crippen LogP contribution is 2.39. The number of anilines is 1. The smallest absolute Gasteiger partial charge is 0.339 e. The molecule has 1 saturated heterocycles. The Morgan fingerprint density at radius 3 is 2.15 bits per heavy atom. The van der Waals surface area contributed by atoms with Crippen molar-refractivity contribution < 1.29 is 17.4 Å². The molecule has 1 amide bonds. The fraction of sp³-hybridized carbons (Fsp3) is 0.0667. The number of aryl methyl sites for hydroxylation is 2. The van der Waals surface area contributed by atoms with Crippen molar-refractivity contribution in [2.45, 2.75) is 18.7 Å². The quantitative estimate of drug-likeness (QED) is 0.163. The Hall–Kier alpha value is -3.56. The van der Waals surface area contributed by atoms with Crippen LogP contribution in [0.25, 0.3) is 6.08 Å². The number of halogens is 2. The maximum absolute atomic E-state index is 13.6. The van der Waals surface area contributed by atoms with E-state index in [-0.39, 0.29) is 16.6 Å². The molecule has 0 aliphatic carbocycles. The molecule has 0 unspecified atom stereocenters. The van der Waals surface area contributed by atoms with Crippen molar-refractivity contribution >= 4 is 73.6 Å². The largest absolute Gasteiger partial charge is 0.379 e. The number of aliphatic imine (C=N–C) groups is 1. The number of thioether (sulfide) groups is 1. The number of amidine groups is 1. The van der Waals surface area contributed by atoms with Crippen LogP contribution in [0.5, 0.6) is 5.75 Å². The highest BCUT2D eigenvalue weighted by atomic mass is 35.5. The molecule has 1 aliphatic heterocycles. The van der Waals surface area contributed by atoms with Gasteiger partial charge in [-0.1, -0.05) is 65.7 Å². The molecule has 0 bridgehead atoms. The topological polar surface area (TPSA) is 76.0 Å². The lowest BCUT2D eigenvalue weighted by Crippen LogP contribution is -2.28. The molecule has 4 aromatic rings. The average Bonchev–Trinajstić information content (AvgIpc) is 3.23. The summed E-state index contributed by atoms with van der Waals surface area (Å²) in [6.45, 7) is 3.79. The Balaban J connectivity index is 1.46. The molecule has 4 aromatic carbocycles. The summed E-state index contributed by atoms with van der Waals surface area (Å²) < 4.78 is 30.3. The van der Waals surface area contributed by atoms with Crippen molar-refractivity contribution in [2.75, 3.05) is 4.90 Å². The van der Waals surface area contributed by atoms with E-state index in [0.717, 1.165) is 11.1 Å². The van der Waals surface area contributed by atoms with Crippen LogP contribution in [0.15, 0.2) is 106 Å². The van der Waals surface area contributed by atoms with E-state index in [9.17, 15) is 13.2 Å². The van der Waals surface area contributed by atoms with Gasteiger partial charge >= 0.3 is 10.1 Å². The number of benzene rings is 4. The van der Waals surface area contributed by atoms with Crippen LogP contribution in [0, 0.1) is 13.8 Å². The zero-order valence-electron chi connectivity index (χ0n) is 21.3. The van der Waals surface area contributed by atoms with Crippen LogP contribution in [-0.2, 0) is 14.9 Å². The molecule has 10 heteroatoms. The van der Waals surface area contributed by atoms with Gasteiger partial charge in [0, 0.05) is 10.0 Å². The van der Waals surface area contributed by atoms with Gasteiger partial charge in [0.15, 0.2) is 5.17 Å². The van der Waals surface area contributed by atoms with E-state index in [1.165, 1.54) is 40.9 Å². The maximum Gasteiger partial charge on any atom is 0.339 e. The minimum atomic E-state index is -3.96. The third-order valence-corrected chi connectivity index (χ3v) is 9.06. The van der Waals surface area contributed by atoms with E-state index < -0.39 is 10.1 Å². The van der Waals surface area contributed by atoms with Crippen LogP contribution in [0.2, 0.25) is 10.0 Å². The van der Waals surface area contributed by atoms with Crippen LogP contribution in [-0.4, -0.2) is 19.5 Å². The van der Waals surface area contributed by atoms with Gasteiger partial charge in [-0.3, -0.25) is 9.69 Å². The van der Waals surface area contributed by atoms with Crippen molar-refractivity contribution in [1.29, 1.82) is 0 Å². The second kappa shape index (κ2) is 11.5. The van der Waals surface area contributed by atoms with Crippen molar-refractivity contribution in [3.8, 4) is 5.75 Å². The molecule has 40 heavy (non-hydrogen) atoms. The molecule has 1 heterocycles. The Morgan fingerprint density at radius 1 is 0.850 bits per heavy atom. The molecule has 1 fully saturated rings. The summed E-state index contributed by atoms with van der Waals surface area (Å²) in [7, 11) is -3.96. The molecule has 0 N–H and O–H groups in total. The summed E-state index contributed by atoms with van der Waals surface area (Å²) in [5.74, 6) is -0.111. The number of nitrogens with zero attached hydrogens (tertiary/aromatic N) is 2. The number of hydrogen-bond donors (Lipinski definition) is 0. The van der Waals surface area contributed by atoms with Gasteiger partial charge in [0.1, 0.15) is 10.6 Å². The normalized spacial score (nSPS) is 15.7. The van der Waals surface area contributed by atoms with E-state index in [0.29, 0.717) is 37.1 Å². The van der Waals surface area contributed by atoms with E-state index in [2.05, 4.69) is 0 Å². The summed E-state index contributed by atoms with van der Waals surface area (Å²) in [6.07, 6.45) is 1.72. The third-order valence-electron chi connectivity index (χ3n) is 6.02. The summed E-state index contributed by atoms with van der Waals surface area (Å²) in [5.41, 5.74) is 3.69. The van der Waals surface area contributed by atoms with Gasteiger partial charge < -0.3 is 4.18 Å². The lowest BCUT2D eigenvalue weighted by molar-refractivity contribution is -0.113. The molecule has 0 atom stereocenters. The first-order chi connectivity index (χ1) is 19.1. The maximum atomic E-state index is 13.6. The first kappa shape index (κ1) is 28.0. The van der Waals surface area contributed by atoms with Gasteiger partial charge in [-0.05, 0) is 96.9 Å². The SMILES string of the molecule is Cc1ccc(N=C2S/C(=C/c3ccc(OS(=O)(=O)c4ccccc4)cc3)C(=O)N2c2ccc(C)c(Cl)c2)cc1Cl. The first-order valence-electron chi connectivity index (χ1n) is 12.1. The molecular formula is C30H22Cl2N2O4S2. The molecule has 6 nitrogen and oxygen atoms in total. The number of carbonyl (C=O) groups excluding carboxylic acids is 1. The van der Waals surface area contributed by atoms with Crippen molar-refractivity contribution in [2.24, 2.45) is 4.99 Å². The Kier molecular flexibility index (Phi) is 8.05. The number of carbonyl (C=O) groups is 1. The highest BCUT2D eigenvalue weighted by Gasteiger charge is 2.35. The predicted octanol–water partition coefficient (Wildman–Crippen LogP) is 8.19. The van der Waals surface area contributed by atoms with Gasteiger partial charge in [-0.15, -0.1) is 0 Å². The van der Waals surface area contributed by atoms with Gasteiger partial charge in [-0.25, -0.2) is 4.99 Å². The number of rotatable bonds is 6. The minimum Gasteiger partial charge on any atom is -0.379 e. The van der Waals surface area contributed by atoms with E-state index in [1.807, 2.05) is 38.1 Å². The highest BCUT2D eigenvalue weighted by molar-refractivity contribution is 8.19. The molecule has 0 radical (unpaired) electrons. The molecule has 0 saturated carbocycles.